The summed E-state index contributed by atoms with van der Waals surface area (Å²) in [6.45, 7) is 4.10. The molecule has 0 saturated heterocycles. The van der Waals surface area contributed by atoms with Crippen LogP contribution in [0.2, 0.25) is 0 Å². The van der Waals surface area contributed by atoms with Crippen molar-refractivity contribution >= 4 is 28.5 Å². The number of nitrogens with two attached hydrogens (primary N) is 1. The van der Waals surface area contributed by atoms with Crippen LogP contribution in [0.4, 0.5) is 17.4 Å². The van der Waals surface area contributed by atoms with E-state index in [2.05, 4.69) is 35.4 Å². The molecule has 0 spiro atoms. The topological polar surface area (TPSA) is 64.1 Å². The van der Waals surface area contributed by atoms with Crippen molar-refractivity contribution in [2.75, 3.05) is 11.1 Å². The molecule has 0 radical (unpaired) electrons. The largest absolute Gasteiger partial charge is 0.423 e. The van der Waals surface area contributed by atoms with Crippen molar-refractivity contribution in [1.82, 2.24) is 4.98 Å². The van der Waals surface area contributed by atoms with Crippen molar-refractivity contribution in [3.63, 3.8) is 0 Å². The van der Waals surface area contributed by atoms with Gasteiger partial charge in [0, 0.05) is 11.4 Å². The number of benzene rings is 2. The molecule has 1 heterocycles. The van der Waals surface area contributed by atoms with Crippen LogP contribution in [0.25, 0.3) is 11.1 Å². The normalized spacial score (nSPS) is 10.8. The first-order valence-corrected chi connectivity index (χ1v) is 6.12. The molecule has 0 amide bonds. The van der Waals surface area contributed by atoms with Crippen LogP contribution in [0.3, 0.4) is 0 Å². The summed E-state index contributed by atoms with van der Waals surface area (Å²) in [4.78, 5) is 4.38. The van der Waals surface area contributed by atoms with Crippen LogP contribution in [0.5, 0.6) is 0 Å². The molecule has 0 unspecified atom stereocenters. The zero-order valence-electron chi connectivity index (χ0n) is 10.9. The summed E-state index contributed by atoms with van der Waals surface area (Å²) in [7, 11) is 0. The van der Waals surface area contributed by atoms with Gasteiger partial charge in [-0.3, -0.25) is 0 Å². The Morgan fingerprint density at radius 2 is 1.95 bits per heavy atom. The first kappa shape index (κ1) is 11.6. The summed E-state index contributed by atoms with van der Waals surface area (Å²) in [6, 6.07) is 12.1. The van der Waals surface area contributed by atoms with Gasteiger partial charge in [-0.05, 0) is 49.2 Å². The average Bonchev–Trinajstić information content (AvgIpc) is 2.75. The molecule has 0 aliphatic carbocycles. The SMILES string of the molecule is Cc1ccc(C)c(Nc2nc3cc(N)ccc3o2)c1. The molecule has 0 aliphatic rings. The van der Waals surface area contributed by atoms with Gasteiger partial charge in [-0.1, -0.05) is 12.1 Å². The quantitative estimate of drug-likeness (QED) is 0.682. The van der Waals surface area contributed by atoms with Gasteiger partial charge in [0.05, 0.1) is 0 Å². The third-order valence-electron chi connectivity index (χ3n) is 3.05. The molecule has 3 N–H and O–H groups in total. The van der Waals surface area contributed by atoms with Crippen molar-refractivity contribution in [1.29, 1.82) is 0 Å². The number of oxazole rings is 1. The summed E-state index contributed by atoms with van der Waals surface area (Å²) in [5.41, 5.74) is 11.2. The Hall–Kier alpha value is -2.49. The van der Waals surface area contributed by atoms with Gasteiger partial charge in [0.25, 0.3) is 6.01 Å². The van der Waals surface area contributed by atoms with Gasteiger partial charge in [-0.2, -0.15) is 4.98 Å². The summed E-state index contributed by atoms with van der Waals surface area (Å²) in [5.74, 6) is 0. The number of anilines is 3. The van der Waals surface area contributed by atoms with Crippen molar-refractivity contribution in [2.45, 2.75) is 13.8 Å². The second-order valence-electron chi connectivity index (χ2n) is 4.69. The molecule has 4 heteroatoms. The fraction of sp³-hybridized carbons (Fsp3) is 0.133. The Morgan fingerprint density at radius 1 is 1.11 bits per heavy atom. The van der Waals surface area contributed by atoms with Crippen molar-refractivity contribution < 1.29 is 4.42 Å². The van der Waals surface area contributed by atoms with Gasteiger partial charge in [-0.25, -0.2) is 0 Å². The third-order valence-corrected chi connectivity index (χ3v) is 3.05. The summed E-state index contributed by atoms with van der Waals surface area (Å²) in [6.07, 6.45) is 0. The van der Waals surface area contributed by atoms with E-state index in [1.807, 2.05) is 13.0 Å². The van der Waals surface area contributed by atoms with Gasteiger partial charge < -0.3 is 15.5 Å². The first-order valence-electron chi connectivity index (χ1n) is 6.12. The fourth-order valence-electron chi connectivity index (χ4n) is 1.98. The first-order chi connectivity index (χ1) is 9.11. The van der Waals surface area contributed by atoms with E-state index in [0.717, 1.165) is 22.4 Å². The lowest BCUT2D eigenvalue weighted by atomic mass is 10.1. The van der Waals surface area contributed by atoms with E-state index in [1.54, 1.807) is 12.1 Å². The lowest BCUT2D eigenvalue weighted by molar-refractivity contribution is 0.623. The van der Waals surface area contributed by atoms with E-state index in [-0.39, 0.29) is 0 Å². The molecule has 0 atom stereocenters. The number of fused-ring (bicyclic) bond motifs is 1. The van der Waals surface area contributed by atoms with E-state index in [4.69, 9.17) is 10.2 Å². The average molecular weight is 253 g/mol. The number of aryl methyl sites for hydroxylation is 2. The number of hydrogen-bond acceptors (Lipinski definition) is 4. The van der Waals surface area contributed by atoms with Crippen molar-refractivity contribution in [3.05, 3.63) is 47.5 Å². The number of nitrogens with zero attached hydrogens (tertiary/aromatic N) is 1. The van der Waals surface area contributed by atoms with Gasteiger partial charge in [-0.15, -0.1) is 0 Å². The molecule has 1 aromatic heterocycles. The highest BCUT2D eigenvalue weighted by Gasteiger charge is 2.07. The maximum absolute atomic E-state index is 5.73. The second-order valence-corrected chi connectivity index (χ2v) is 4.69. The second kappa shape index (κ2) is 4.31. The highest BCUT2D eigenvalue weighted by molar-refractivity contribution is 5.79. The van der Waals surface area contributed by atoms with Crippen molar-refractivity contribution in [3.8, 4) is 0 Å². The van der Waals surface area contributed by atoms with Gasteiger partial charge in [0.2, 0.25) is 0 Å². The third kappa shape index (κ3) is 2.25. The minimum Gasteiger partial charge on any atom is -0.423 e. The minimum atomic E-state index is 0.481. The van der Waals surface area contributed by atoms with E-state index >= 15 is 0 Å². The maximum atomic E-state index is 5.73. The van der Waals surface area contributed by atoms with Gasteiger partial charge >= 0.3 is 0 Å². The lowest BCUT2D eigenvalue weighted by Crippen LogP contribution is -1.93. The zero-order chi connectivity index (χ0) is 13.4. The summed E-state index contributed by atoms with van der Waals surface area (Å²) in [5, 5.41) is 3.20. The monoisotopic (exact) mass is 253 g/mol. The molecule has 2 aromatic carbocycles. The van der Waals surface area contributed by atoms with Crippen molar-refractivity contribution in [2.24, 2.45) is 0 Å². The van der Waals surface area contributed by atoms with Crippen LogP contribution in [0.15, 0.2) is 40.8 Å². The highest BCUT2D eigenvalue weighted by Crippen LogP contribution is 2.25. The minimum absolute atomic E-state index is 0.481. The van der Waals surface area contributed by atoms with Gasteiger partial charge in [0.15, 0.2) is 5.58 Å². The predicted molar refractivity (Wildman–Crippen MR) is 77.6 cm³/mol. The molecule has 0 aliphatic heterocycles. The molecular weight excluding hydrogens is 238 g/mol. The lowest BCUT2D eigenvalue weighted by Gasteiger charge is -2.06. The van der Waals surface area contributed by atoms with Crippen LogP contribution in [-0.4, -0.2) is 4.98 Å². The Balaban J connectivity index is 1.98. The molecule has 4 nitrogen and oxygen atoms in total. The smallest absolute Gasteiger partial charge is 0.300 e. The summed E-state index contributed by atoms with van der Waals surface area (Å²) < 4.78 is 5.64. The molecule has 0 fully saturated rings. The van der Waals surface area contributed by atoms with E-state index < -0.39 is 0 Å². The van der Waals surface area contributed by atoms with Crippen LogP contribution in [-0.2, 0) is 0 Å². The van der Waals surface area contributed by atoms with Crippen LogP contribution in [0, 0.1) is 13.8 Å². The standard InChI is InChI=1S/C15H15N3O/c1-9-3-4-10(2)12(7-9)17-15-18-13-8-11(16)5-6-14(13)19-15/h3-8H,16H2,1-2H3,(H,17,18). The molecule has 96 valence electrons. The van der Waals surface area contributed by atoms with Crippen LogP contribution in [0.1, 0.15) is 11.1 Å². The molecule has 3 aromatic rings. The molecule has 0 saturated carbocycles. The number of rotatable bonds is 2. The molecule has 3 rings (SSSR count). The molecular formula is C15H15N3O. The molecule has 19 heavy (non-hydrogen) atoms. The van der Waals surface area contributed by atoms with Gasteiger partial charge in [0.1, 0.15) is 5.52 Å². The Morgan fingerprint density at radius 3 is 2.79 bits per heavy atom. The number of aromatic nitrogens is 1. The number of nitrogen functional groups attached to an aromatic ring is 1. The maximum Gasteiger partial charge on any atom is 0.300 e. The van der Waals surface area contributed by atoms with Crippen LogP contribution >= 0.6 is 0 Å². The highest BCUT2D eigenvalue weighted by atomic mass is 16.4. The predicted octanol–water partition coefficient (Wildman–Crippen LogP) is 3.77. The summed E-state index contributed by atoms with van der Waals surface area (Å²) >= 11 is 0. The van der Waals surface area contributed by atoms with E-state index in [1.165, 1.54) is 5.56 Å². The fourth-order valence-corrected chi connectivity index (χ4v) is 1.98. The zero-order valence-corrected chi connectivity index (χ0v) is 10.9. The van der Waals surface area contributed by atoms with E-state index in [0.29, 0.717) is 11.7 Å². The van der Waals surface area contributed by atoms with Crippen LogP contribution < -0.4 is 11.1 Å². The number of hydrogen-bond donors (Lipinski definition) is 2. The Bertz CT molecular complexity index is 746. The Kier molecular flexibility index (Phi) is 2.63. The number of nitrogens with one attached hydrogen (secondary N) is 1. The molecule has 0 bridgehead atoms. The van der Waals surface area contributed by atoms with E-state index in [9.17, 15) is 0 Å². The Labute approximate surface area is 111 Å².